The molecule has 0 aliphatic carbocycles. The van der Waals surface area contributed by atoms with Crippen molar-refractivity contribution in [3.05, 3.63) is 34.2 Å². The summed E-state index contributed by atoms with van der Waals surface area (Å²) in [5, 5.41) is 0. The molecule has 1 amide bonds. The van der Waals surface area contributed by atoms with E-state index in [1.807, 2.05) is 0 Å². The maximum Gasteiger partial charge on any atom is 0.307 e. The third-order valence-electron chi connectivity index (χ3n) is 2.70. The summed E-state index contributed by atoms with van der Waals surface area (Å²) in [4.78, 5) is 38.3. The Morgan fingerprint density at radius 1 is 1.25 bits per heavy atom. The van der Waals surface area contributed by atoms with Crippen molar-refractivity contribution in [3.63, 3.8) is 0 Å². The number of hydrogen-bond acceptors (Lipinski definition) is 5. The first kappa shape index (κ1) is 15.9. The van der Waals surface area contributed by atoms with E-state index in [9.17, 15) is 14.4 Å². The number of aromatic amines is 1. The van der Waals surface area contributed by atoms with Gasteiger partial charge >= 0.3 is 5.97 Å². The van der Waals surface area contributed by atoms with E-state index < -0.39 is 0 Å². The Morgan fingerprint density at radius 2 is 2.00 bits per heavy atom. The van der Waals surface area contributed by atoms with Crippen LogP contribution in [0.4, 0.5) is 0 Å². The SMILES string of the molecule is COCCN(CCC(=O)OC)C(=O)c1ccc(=O)[nH]c1. The first-order valence-electron chi connectivity index (χ1n) is 6.12. The molecule has 0 saturated carbocycles. The highest BCUT2D eigenvalue weighted by Crippen LogP contribution is 2.03. The lowest BCUT2D eigenvalue weighted by Gasteiger charge is -2.21. The summed E-state index contributed by atoms with van der Waals surface area (Å²) in [5.41, 5.74) is 0.0742. The van der Waals surface area contributed by atoms with Gasteiger partial charge in [-0.3, -0.25) is 14.4 Å². The van der Waals surface area contributed by atoms with Crippen LogP contribution in [0.2, 0.25) is 0 Å². The summed E-state index contributed by atoms with van der Waals surface area (Å²) in [7, 11) is 2.83. The van der Waals surface area contributed by atoms with E-state index in [1.54, 1.807) is 0 Å². The second kappa shape index (κ2) is 8.11. The van der Waals surface area contributed by atoms with Crippen LogP contribution in [0.5, 0.6) is 0 Å². The smallest absolute Gasteiger partial charge is 0.307 e. The molecule has 0 radical (unpaired) electrons. The van der Waals surface area contributed by atoms with Gasteiger partial charge in [0.05, 0.1) is 25.7 Å². The molecule has 1 aromatic rings. The molecule has 0 atom stereocenters. The number of nitrogens with one attached hydrogen (secondary N) is 1. The van der Waals surface area contributed by atoms with Gasteiger partial charge in [0.15, 0.2) is 0 Å². The number of nitrogens with zero attached hydrogens (tertiary/aromatic N) is 1. The first-order chi connectivity index (χ1) is 9.58. The minimum atomic E-state index is -0.387. The zero-order valence-electron chi connectivity index (χ0n) is 11.5. The lowest BCUT2D eigenvalue weighted by Crippen LogP contribution is -2.36. The average Bonchev–Trinajstić information content (AvgIpc) is 2.47. The quantitative estimate of drug-likeness (QED) is 0.713. The maximum absolute atomic E-state index is 12.3. The zero-order chi connectivity index (χ0) is 15.0. The summed E-state index contributed by atoms with van der Waals surface area (Å²) in [6.07, 6.45) is 1.46. The number of aromatic nitrogens is 1. The van der Waals surface area contributed by atoms with E-state index in [2.05, 4.69) is 9.72 Å². The number of hydrogen-bond donors (Lipinski definition) is 1. The van der Waals surface area contributed by atoms with Crippen molar-refractivity contribution >= 4 is 11.9 Å². The maximum atomic E-state index is 12.3. The van der Waals surface area contributed by atoms with Crippen LogP contribution in [0.15, 0.2) is 23.1 Å². The largest absolute Gasteiger partial charge is 0.469 e. The van der Waals surface area contributed by atoms with Gasteiger partial charge in [-0.15, -0.1) is 0 Å². The zero-order valence-corrected chi connectivity index (χ0v) is 11.5. The van der Waals surface area contributed by atoms with Crippen LogP contribution in [-0.2, 0) is 14.3 Å². The fraction of sp³-hybridized carbons (Fsp3) is 0.462. The fourth-order valence-corrected chi connectivity index (χ4v) is 1.57. The van der Waals surface area contributed by atoms with Gasteiger partial charge in [0.1, 0.15) is 0 Å². The van der Waals surface area contributed by atoms with Crippen molar-refractivity contribution in [1.82, 2.24) is 9.88 Å². The highest BCUT2D eigenvalue weighted by atomic mass is 16.5. The van der Waals surface area contributed by atoms with Crippen molar-refractivity contribution in [2.75, 3.05) is 33.9 Å². The monoisotopic (exact) mass is 282 g/mol. The fourth-order valence-electron chi connectivity index (χ4n) is 1.57. The molecule has 110 valence electrons. The van der Waals surface area contributed by atoms with Crippen LogP contribution in [0.3, 0.4) is 0 Å². The molecule has 0 saturated heterocycles. The minimum absolute atomic E-state index is 0.106. The second-order valence-corrected chi connectivity index (χ2v) is 4.05. The van der Waals surface area contributed by atoms with Crippen LogP contribution in [-0.4, -0.2) is 55.7 Å². The number of H-pyrrole nitrogens is 1. The molecule has 0 aliphatic rings. The van der Waals surface area contributed by atoms with Gasteiger partial charge in [-0.05, 0) is 6.07 Å². The summed E-state index contributed by atoms with van der Waals surface area (Å²) in [6, 6.07) is 2.72. The van der Waals surface area contributed by atoms with Gasteiger partial charge in [0.25, 0.3) is 5.91 Å². The number of rotatable bonds is 7. The molecule has 1 rings (SSSR count). The lowest BCUT2D eigenvalue weighted by molar-refractivity contribution is -0.140. The van der Waals surface area contributed by atoms with E-state index in [1.165, 1.54) is 37.4 Å². The van der Waals surface area contributed by atoms with Crippen molar-refractivity contribution in [2.45, 2.75) is 6.42 Å². The molecular weight excluding hydrogens is 264 g/mol. The number of pyridine rings is 1. The Balaban J connectivity index is 2.75. The highest BCUT2D eigenvalue weighted by molar-refractivity contribution is 5.94. The summed E-state index contributed by atoms with van der Waals surface area (Å²) < 4.78 is 9.49. The molecule has 0 fully saturated rings. The van der Waals surface area contributed by atoms with Crippen LogP contribution >= 0.6 is 0 Å². The van der Waals surface area contributed by atoms with Gasteiger partial charge in [-0.25, -0.2) is 0 Å². The van der Waals surface area contributed by atoms with Crippen LogP contribution in [0.25, 0.3) is 0 Å². The molecule has 0 aliphatic heterocycles. The van der Waals surface area contributed by atoms with E-state index in [0.29, 0.717) is 18.7 Å². The van der Waals surface area contributed by atoms with Crippen LogP contribution in [0, 0.1) is 0 Å². The molecule has 7 nitrogen and oxygen atoms in total. The summed E-state index contributed by atoms with van der Waals surface area (Å²) in [6.45, 7) is 0.940. The van der Waals surface area contributed by atoms with Crippen molar-refractivity contribution < 1.29 is 19.1 Å². The Hall–Kier alpha value is -2.15. The molecule has 1 heterocycles. The number of methoxy groups -OCH3 is 2. The van der Waals surface area contributed by atoms with Gasteiger partial charge < -0.3 is 19.4 Å². The lowest BCUT2D eigenvalue weighted by atomic mass is 10.2. The Bertz CT molecular complexity index is 491. The number of carbonyl (C=O) groups is 2. The first-order valence-corrected chi connectivity index (χ1v) is 6.12. The van der Waals surface area contributed by atoms with E-state index in [4.69, 9.17) is 4.74 Å². The Morgan fingerprint density at radius 3 is 2.55 bits per heavy atom. The van der Waals surface area contributed by atoms with E-state index in [-0.39, 0.29) is 30.4 Å². The molecule has 0 bridgehead atoms. The molecule has 0 spiro atoms. The molecule has 20 heavy (non-hydrogen) atoms. The predicted octanol–water partition coefficient (Wildman–Crippen LogP) is 0.0266. The number of ether oxygens (including phenoxy) is 2. The molecule has 0 aromatic carbocycles. The predicted molar refractivity (Wildman–Crippen MR) is 71.5 cm³/mol. The standard InChI is InChI=1S/C13H18N2O5/c1-19-8-7-15(6-5-12(17)20-2)13(18)10-3-4-11(16)14-9-10/h3-4,9H,5-8H2,1-2H3,(H,14,16). The van der Waals surface area contributed by atoms with Gasteiger partial charge in [0.2, 0.25) is 5.56 Å². The van der Waals surface area contributed by atoms with Crippen molar-refractivity contribution in [2.24, 2.45) is 0 Å². The third kappa shape index (κ3) is 4.85. The topological polar surface area (TPSA) is 88.7 Å². The minimum Gasteiger partial charge on any atom is -0.469 e. The van der Waals surface area contributed by atoms with Crippen molar-refractivity contribution in [1.29, 1.82) is 0 Å². The highest BCUT2D eigenvalue weighted by Gasteiger charge is 2.17. The Kier molecular flexibility index (Phi) is 6.45. The van der Waals surface area contributed by atoms with Gasteiger partial charge in [0, 0.05) is 32.5 Å². The molecular formula is C13H18N2O5. The Labute approximate surface area is 116 Å². The molecule has 0 unspecified atom stereocenters. The molecule has 7 heteroatoms. The average molecular weight is 282 g/mol. The number of esters is 1. The summed E-state index contributed by atoms with van der Waals surface area (Å²) >= 11 is 0. The molecule has 1 N–H and O–H groups in total. The second-order valence-electron chi connectivity index (χ2n) is 4.05. The number of amides is 1. The normalized spacial score (nSPS) is 10.1. The molecule has 1 aromatic heterocycles. The van der Waals surface area contributed by atoms with Crippen LogP contribution in [0.1, 0.15) is 16.8 Å². The van der Waals surface area contributed by atoms with E-state index in [0.717, 1.165) is 0 Å². The van der Waals surface area contributed by atoms with Gasteiger partial charge in [-0.2, -0.15) is 0 Å². The third-order valence-corrected chi connectivity index (χ3v) is 2.70. The van der Waals surface area contributed by atoms with Crippen LogP contribution < -0.4 is 5.56 Å². The van der Waals surface area contributed by atoms with Gasteiger partial charge in [-0.1, -0.05) is 0 Å². The number of carbonyl (C=O) groups excluding carboxylic acids is 2. The van der Waals surface area contributed by atoms with Crippen molar-refractivity contribution in [3.8, 4) is 0 Å². The van der Waals surface area contributed by atoms with E-state index >= 15 is 0 Å². The summed E-state index contributed by atoms with van der Waals surface area (Å²) in [5.74, 6) is -0.663.